The summed E-state index contributed by atoms with van der Waals surface area (Å²) in [4.78, 5) is 25.8. The average Bonchev–Trinajstić information content (AvgIpc) is 3.28. The first kappa shape index (κ1) is 24.3. The molecule has 0 saturated heterocycles. The summed E-state index contributed by atoms with van der Waals surface area (Å²) in [5, 5.41) is 5.59. The first-order chi connectivity index (χ1) is 16.9. The molecule has 0 bridgehead atoms. The number of aromatic nitrogens is 2. The molecule has 35 heavy (non-hydrogen) atoms. The van der Waals surface area contributed by atoms with Crippen molar-refractivity contribution in [2.45, 2.75) is 6.61 Å². The number of rotatable bonds is 7. The van der Waals surface area contributed by atoms with Crippen molar-refractivity contribution in [3.8, 4) is 22.7 Å². The van der Waals surface area contributed by atoms with Crippen LogP contribution in [0.1, 0.15) is 26.4 Å². The Labute approximate surface area is 211 Å². The van der Waals surface area contributed by atoms with Gasteiger partial charge in [0.25, 0.3) is 0 Å². The van der Waals surface area contributed by atoms with Crippen molar-refractivity contribution in [3.63, 3.8) is 0 Å². The van der Waals surface area contributed by atoms with Gasteiger partial charge in [0.1, 0.15) is 23.6 Å². The number of hydrogen-bond donors (Lipinski definition) is 0. The van der Waals surface area contributed by atoms with E-state index < -0.39 is 11.9 Å². The number of para-hydroxylation sites is 1. The van der Waals surface area contributed by atoms with E-state index in [9.17, 15) is 9.59 Å². The normalized spacial score (nSPS) is 10.6. The number of hydrogen-bond acceptors (Lipinski definition) is 6. The minimum Gasteiger partial charge on any atom is -0.488 e. The SMILES string of the molecule is COC(=O)c1c(-c2cc(Cl)ccc2OCc2cccc(Cl)c2)nn(-c2ccccc2)c1C(=O)OC. The number of nitrogens with zero attached hydrogens (tertiary/aromatic N) is 2. The van der Waals surface area contributed by atoms with Crippen LogP contribution in [0.5, 0.6) is 5.75 Å². The number of carbonyl (C=O) groups excluding carboxylic acids is 2. The van der Waals surface area contributed by atoms with Gasteiger partial charge in [0.15, 0.2) is 5.69 Å². The molecule has 0 aliphatic heterocycles. The molecule has 4 aromatic rings. The number of methoxy groups -OCH3 is 2. The number of benzene rings is 3. The molecule has 0 radical (unpaired) electrons. The molecule has 0 aliphatic carbocycles. The van der Waals surface area contributed by atoms with Gasteiger partial charge in [-0.2, -0.15) is 5.10 Å². The third-order valence-corrected chi connectivity index (χ3v) is 5.60. The van der Waals surface area contributed by atoms with E-state index in [0.29, 0.717) is 27.0 Å². The molecule has 0 fully saturated rings. The molecule has 178 valence electrons. The zero-order valence-electron chi connectivity index (χ0n) is 18.8. The summed E-state index contributed by atoms with van der Waals surface area (Å²) >= 11 is 12.4. The maximum absolute atomic E-state index is 12.9. The molecule has 0 unspecified atom stereocenters. The van der Waals surface area contributed by atoms with Crippen molar-refractivity contribution in [2.75, 3.05) is 14.2 Å². The third kappa shape index (κ3) is 5.16. The number of halogens is 2. The van der Waals surface area contributed by atoms with Gasteiger partial charge in [0.05, 0.1) is 19.9 Å². The minimum atomic E-state index is -0.761. The quantitative estimate of drug-likeness (QED) is 0.283. The van der Waals surface area contributed by atoms with E-state index in [1.54, 1.807) is 54.6 Å². The highest BCUT2D eigenvalue weighted by Crippen LogP contribution is 2.37. The van der Waals surface area contributed by atoms with E-state index >= 15 is 0 Å². The van der Waals surface area contributed by atoms with Gasteiger partial charge in [0, 0.05) is 15.6 Å². The summed E-state index contributed by atoms with van der Waals surface area (Å²) in [5.41, 5.74) is 1.80. The van der Waals surface area contributed by atoms with Gasteiger partial charge in [-0.1, -0.05) is 53.5 Å². The van der Waals surface area contributed by atoms with E-state index in [2.05, 4.69) is 5.10 Å². The fraction of sp³-hybridized carbons (Fsp3) is 0.115. The monoisotopic (exact) mass is 510 g/mol. The maximum Gasteiger partial charge on any atom is 0.357 e. The van der Waals surface area contributed by atoms with E-state index in [-0.39, 0.29) is 23.6 Å². The van der Waals surface area contributed by atoms with Gasteiger partial charge >= 0.3 is 11.9 Å². The van der Waals surface area contributed by atoms with Crippen molar-refractivity contribution in [1.29, 1.82) is 0 Å². The smallest absolute Gasteiger partial charge is 0.357 e. The average molecular weight is 511 g/mol. The highest BCUT2D eigenvalue weighted by Gasteiger charge is 2.32. The van der Waals surface area contributed by atoms with Crippen LogP contribution >= 0.6 is 23.2 Å². The lowest BCUT2D eigenvalue weighted by molar-refractivity contribution is 0.0549. The third-order valence-electron chi connectivity index (χ3n) is 5.13. The van der Waals surface area contributed by atoms with Crippen LogP contribution in [0.2, 0.25) is 10.0 Å². The van der Waals surface area contributed by atoms with Gasteiger partial charge < -0.3 is 14.2 Å². The molecule has 0 spiro atoms. The minimum absolute atomic E-state index is 0.0712. The second kappa shape index (κ2) is 10.6. The van der Waals surface area contributed by atoms with Crippen LogP contribution in [0.25, 0.3) is 16.9 Å². The second-order valence-electron chi connectivity index (χ2n) is 7.36. The number of ether oxygens (including phenoxy) is 3. The Kier molecular flexibility index (Phi) is 7.39. The Bertz CT molecular complexity index is 1390. The molecular formula is C26H20Cl2N2O5. The summed E-state index contributed by atoms with van der Waals surface area (Å²) in [7, 11) is 2.45. The van der Waals surface area contributed by atoms with Gasteiger partial charge in [-0.3, -0.25) is 0 Å². The van der Waals surface area contributed by atoms with E-state index in [1.165, 1.54) is 18.9 Å². The van der Waals surface area contributed by atoms with Crippen LogP contribution in [0.4, 0.5) is 0 Å². The molecule has 1 heterocycles. The molecule has 0 atom stereocenters. The first-order valence-corrected chi connectivity index (χ1v) is 11.2. The maximum atomic E-state index is 12.9. The van der Waals surface area contributed by atoms with Crippen LogP contribution in [0.3, 0.4) is 0 Å². The molecule has 9 heteroatoms. The van der Waals surface area contributed by atoms with Crippen LogP contribution in [0.15, 0.2) is 72.8 Å². The van der Waals surface area contributed by atoms with Gasteiger partial charge in [-0.15, -0.1) is 0 Å². The van der Waals surface area contributed by atoms with Crippen LogP contribution < -0.4 is 4.74 Å². The van der Waals surface area contributed by atoms with Crippen LogP contribution in [-0.2, 0) is 16.1 Å². The summed E-state index contributed by atoms with van der Waals surface area (Å²) in [6.45, 7) is 0.200. The molecule has 4 rings (SSSR count). The lowest BCUT2D eigenvalue weighted by atomic mass is 10.0. The Balaban J connectivity index is 1.90. The largest absolute Gasteiger partial charge is 0.488 e. The van der Waals surface area contributed by atoms with Crippen molar-refractivity contribution < 1.29 is 23.8 Å². The lowest BCUT2D eigenvalue weighted by Crippen LogP contribution is -2.15. The number of esters is 2. The van der Waals surface area contributed by atoms with Crippen molar-refractivity contribution in [3.05, 3.63) is 99.7 Å². The van der Waals surface area contributed by atoms with Crippen LogP contribution in [0, 0.1) is 0 Å². The summed E-state index contributed by atoms with van der Waals surface area (Å²) < 4.78 is 17.4. The highest BCUT2D eigenvalue weighted by atomic mass is 35.5. The van der Waals surface area contributed by atoms with Crippen LogP contribution in [-0.4, -0.2) is 35.9 Å². The molecular weight excluding hydrogens is 491 g/mol. The van der Waals surface area contributed by atoms with Gasteiger partial charge in [-0.05, 0) is 48.0 Å². The van der Waals surface area contributed by atoms with Gasteiger partial charge in [0.2, 0.25) is 0 Å². The van der Waals surface area contributed by atoms with Gasteiger partial charge in [-0.25, -0.2) is 14.3 Å². The summed E-state index contributed by atoms with van der Waals surface area (Å²) in [6, 6.07) is 21.1. The molecule has 3 aromatic carbocycles. The second-order valence-corrected chi connectivity index (χ2v) is 8.23. The highest BCUT2D eigenvalue weighted by molar-refractivity contribution is 6.31. The van der Waals surface area contributed by atoms with E-state index in [1.807, 2.05) is 18.2 Å². The summed E-state index contributed by atoms with van der Waals surface area (Å²) in [5.74, 6) is -1.12. The van der Waals surface area contributed by atoms with Crippen molar-refractivity contribution in [2.24, 2.45) is 0 Å². The molecule has 0 amide bonds. The fourth-order valence-corrected chi connectivity index (χ4v) is 3.93. The predicted octanol–water partition coefficient (Wildman–Crippen LogP) is 6.00. The molecule has 0 saturated carbocycles. The molecule has 7 nitrogen and oxygen atoms in total. The molecule has 1 aromatic heterocycles. The van der Waals surface area contributed by atoms with E-state index in [0.717, 1.165) is 5.56 Å². The van der Waals surface area contributed by atoms with Crippen molar-refractivity contribution in [1.82, 2.24) is 9.78 Å². The standard InChI is InChI=1S/C26H20Cl2N2O5/c1-33-25(31)22-23(29-30(24(22)26(32)34-2)19-9-4-3-5-10-19)20-14-18(28)11-12-21(20)35-15-16-7-6-8-17(27)13-16/h3-14H,15H2,1-2H3. The van der Waals surface area contributed by atoms with E-state index in [4.69, 9.17) is 37.4 Å². The Morgan fingerprint density at radius 3 is 2.26 bits per heavy atom. The zero-order chi connectivity index (χ0) is 24.9. The molecule has 0 aliphatic rings. The Morgan fingerprint density at radius 1 is 0.857 bits per heavy atom. The fourth-order valence-electron chi connectivity index (χ4n) is 3.54. The van der Waals surface area contributed by atoms with Crippen molar-refractivity contribution >= 4 is 35.1 Å². The Hall–Kier alpha value is -3.81. The predicted molar refractivity (Wildman–Crippen MR) is 132 cm³/mol. The number of carbonyl (C=O) groups is 2. The summed E-state index contributed by atoms with van der Waals surface area (Å²) in [6.07, 6.45) is 0. The topological polar surface area (TPSA) is 79.7 Å². The lowest BCUT2D eigenvalue weighted by Gasteiger charge is -2.12. The zero-order valence-corrected chi connectivity index (χ0v) is 20.3. The first-order valence-electron chi connectivity index (χ1n) is 10.4. The molecule has 0 N–H and O–H groups in total. The Morgan fingerprint density at radius 2 is 1.57 bits per heavy atom.